The number of rotatable bonds is 17. The van der Waals surface area contributed by atoms with Crippen molar-refractivity contribution < 1.29 is 124 Å². The summed E-state index contributed by atoms with van der Waals surface area (Å²) < 4.78 is 222. The maximum absolute atomic E-state index is 12.2. The summed E-state index contributed by atoms with van der Waals surface area (Å²) in [5, 5.41) is 9.55. The molecule has 9 fully saturated rings. The molecule has 6 saturated carbocycles. The van der Waals surface area contributed by atoms with Gasteiger partial charge in [0, 0.05) is 23.3 Å². The van der Waals surface area contributed by atoms with E-state index in [4.69, 9.17) is 14.2 Å². The van der Waals surface area contributed by atoms with Crippen LogP contribution in [0, 0.1) is 53.3 Å². The van der Waals surface area contributed by atoms with Crippen molar-refractivity contribution in [2.24, 2.45) is 53.3 Å². The van der Waals surface area contributed by atoms with Gasteiger partial charge < -0.3 is 36.6 Å². The van der Waals surface area contributed by atoms with Crippen molar-refractivity contribution in [3.63, 3.8) is 0 Å². The molecule has 16 rings (SSSR count). The van der Waals surface area contributed by atoms with Crippen molar-refractivity contribution in [3.05, 3.63) is 226 Å². The van der Waals surface area contributed by atoms with Crippen LogP contribution in [0.5, 0.6) is 0 Å². The van der Waals surface area contributed by atoms with E-state index in [0.29, 0.717) is 37.5 Å². The Balaban J connectivity index is 0.000000140. The van der Waals surface area contributed by atoms with Crippen LogP contribution in [0.15, 0.2) is 242 Å². The van der Waals surface area contributed by atoms with E-state index in [1.807, 2.05) is 8.25 Å². The molecule has 37 heteroatoms. The Morgan fingerprint density at radius 1 is 0.427 bits per heavy atom. The van der Waals surface area contributed by atoms with Crippen LogP contribution in [-0.2, 0) is 121 Å². The summed E-state index contributed by atoms with van der Waals surface area (Å²) in [5.74, 6) is -2.25. The first-order valence-electron chi connectivity index (χ1n) is 34.1. The number of nitrogens with zero attached hydrogens (tertiary/aromatic N) is 3. The zero-order chi connectivity index (χ0) is 79.9. The second-order valence-electron chi connectivity index (χ2n) is 27.7. The van der Waals surface area contributed by atoms with Gasteiger partial charge in [-0.2, -0.15) is 26.3 Å². The van der Waals surface area contributed by atoms with Crippen LogP contribution in [0.25, 0.3) is 8.25 Å². The average Bonchev–Trinajstić information content (AvgIpc) is 1.58. The highest BCUT2D eigenvalue weighted by atomic mass is 32.3. The van der Waals surface area contributed by atoms with Crippen molar-refractivity contribution in [3.8, 4) is 0 Å². The molecular formula is C73H77F6N3O21S7. The van der Waals surface area contributed by atoms with Crippen LogP contribution >= 0.6 is 0 Å². The lowest BCUT2D eigenvalue weighted by Gasteiger charge is -2.29. The minimum atomic E-state index is -6.23. The molecule has 6 aliphatic carbocycles. The van der Waals surface area contributed by atoms with Crippen LogP contribution in [0.4, 0.5) is 26.3 Å². The van der Waals surface area contributed by atoms with E-state index >= 15 is 0 Å². The highest BCUT2D eigenvalue weighted by Gasteiger charge is 2.65. The molecule has 3 saturated heterocycles. The van der Waals surface area contributed by atoms with Crippen LogP contribution in [0.3, 0.4) is 0 Å². The highest BCUT2D eigenvalue weighted by molar-refractivity contribution is 8.11. The van der Waals surface area contributed by atoms with E-state index in [9.17, 15) is 92.5 Å². The Bertz CT molecular complexity index is 4460. The minimum Gasteiger partial charge on any atom is -0.726 e. The largest absolute Gasteiger partial charge is 0.726 e. The molecule has 594 valence electrons. The summed E-state index contributed by atoms with van der Waals surface area (Å²) in [6, 6.07) is 74.9. The van der Waals surface area contributed by atoms with Gasteiger partial charge in [-0.05, 0) is 129 Å². The fourth-order valence-corrected chi connectivity index (χ4v) is 23.1. The van der Waals surface area contributed by atoms with Gasteiger partial charge in [-0.15, -0.1) is 0 Å². The van der Waals surface area contributed by atoms with E-state index in [2.05, 4.69) is 246 Å². The summed E-state index contributed by atoms with van der Waals surface area (Å²) in [6.45, 7) is 1.10. The molecule has 15 atom stereocenters. The summed E-state index contributed by atoms with van der Waals surface area (Å²) in [4.78, 5) is 42.2. The van der Waals surface area contributed by atoms with Crippen LogP contribution in [-0.4, -0.2) is 150 Å². The number of hydrogen-bond acceptors (Lipinski definition) is 21. The molecule has 0 amide bonds. The third-order valence-electron chi connectivity index (χ3n) is 19.3. The summed E-state index contributed by atoms with van der Waals surface area (Å²) >= 11 is 0. The SMILES string of the molecule is COS(=O)(=O)[O-].C[N+](C)(C)Cc1ccccc1.O=C1OC2C(O)C3CC1C2C3.O=C1OC2C3CC(CC13)C2OS(=O)(=O)[N-]S(=O)(=O)C(F)(F)F.O=C1OC2C3CC(CC13)C2OS(=O)(=O)[N-]S(=O)(=O)C(F)(F)F.c1ccc([S+](c2ccccc2)c2ccccc2)cc1.c1ccc([S+](c2ccccc2)c2ccccc2)cc1. The fraction of sp³-hybridized carbons (Fsp3) is 0.384. The van der Waals surface area contributed by atoms with Gasteiger partial charge in [-0.1, -0.05) is 140 Å². The zero-order valence-corrected chi connectivity index (χ0v) is 64.6. The van der Waals surface area contributed by atoms with E-state index in [0.717, 1.165) is 31.0 Å². The number of esters is 3. The molecule has 0 radical (unpaired) electrons. The number of ether oxygens (including phenoxy) is 3. The van der Waals surface area contributed by atoms with Gasteiger partial charge in [0.15, 0.2) is 49.4 Å². The van der Waals surface area contributed by atoms with Gasteiger partial charge in [-0.3, -0.25) is 26.9 Å². The number of benzene rings is 7. The van der Waals surface area contributed by atoms with E-state index < -0.39 is 110 Å². The number of quaternary nitrogens is 1. The van der Waals surface area contributed by atoms with Crippen molar-refractivity contribution in [1.29, 1.82) is 0 Å². The minimum absolute atomic E-state index is 0.0146. The Labute approximate surface area is 640 Å². The van der Waals surface area contributed by atoms with Gasteiger partial charge in [0.2, 0.25) is 31.0 Å². The second-order valence-corrected chi connectivity index (χ2v) is 39.0. The van der Waals surface area contributed by atoms with Crippen LogP contribution in [0.2, 0.25) is 0 Å². The molecule has 3 heterocycles. The topological polar surface area (TPSA) is 349 Å². The predicted octanol–water partition coefficient (Wildman–Crippen LogP) is 11.3. The maximum Gasteiger partial charge on any atom is 0.480 e. The monoisotopic (exact) mass is 1670 g/mol. The van der Waals surface area contributed by atoms with Gasteiger partial charge in [0.25, 0.3) is 0 Å². The molecule has 15 unspecified atom stereocenters. The Morgan fingerprint density at radius 2 is 0.673 bits per heavy atom. The second kappa shape index (κ2) is 35.0. The molecule has 110 heavy (non-hydrogen) atoms. The number of alkyl halides is 6. The normalized spacial score (nSPS) is 26.3. The first-order valence-corrected chi connectivity index (χ1v) is 43.4. The summed E-state index contributed by atoms with van der Waals surface area (Å²) in [6.07, 6.45) is -1.36. The van der Waals surface area contributed by atoms with Crippen molar-refractivity contribution in [2.45, 2.75) is 122 Å². The third kappa shape index (κ3) is 21.3. The van der Waals surface area contributed by atoms with E-state index in [1.54, 1.807) is 0 Å². The molecule has 6 bridgehead atoms. The number of aliphatic hydroxyl groups is 1. The molecule has 3 aliphatic heterocycles. The highest BCUT2D eigenvalue weighted by Crippen LogP contribution is 2.58. The molecule has 7 aromatic rings. The number of sulfonamides is 2. The first-order chi connectivity index (χ1) is 51.6. The molecule has 0 aromatic heterocycles. The van der Waals surface area contributed by atoms with Crippen molar-refractivity contribution in [2.75, 3.05) is 28.3 Å². The smallest absolute Gasteiger partial charge is 0.480 e. The standard InChI is InChI=1S/2C18H15S.C10H16N.2C9H9F3NO7S2.C8H10O3.CH4O4S/c2*1-4-10-16(11-5-1)19(17-12-6-2-7-13-17)18-14-8-3-9-15-18;1-11(2,3)9-10-7-5-4-6-8-10;2*10-9(11,12)21(15,16)13-22(17,18)20-6-3-1-4-5(2-3)8(14)19-7(4)6;9-6-3-1-4-5(2-3)8(10)11-7(4)6;1-5-6(2,3)4/h2*1-15H;4-8H,9H2,1-3H3;2*3-7H,1-2H2;3-7,9H,1-2H2;1H3,(H,2,3,4)/q3*+1;2*-1;;/p-1. The lowest BCUT2D eigenvalue weighted by atomic mass is 9.88. The van der Waals surface area contributed by atoms with Gasteiger partial charge in [-0.25, -0.2) is 42.1 Å². The molecule has 0 spiro atoms. The predicted molar refractivity (Wildman–Crippen MR) is 387 cm³/mol. The summed E-state index contributed by atoms with van der Waals surface area (Å²) in [5.41, 5.74) is -10.3. The Kier molecular flexibility index (Phi) is 27.0. The van der Waals surface area contributed by atoms with Gasteiger partial charge >= 0.3 is 28.9 Å². The van der Waals surface area contributed by atoms with E-state index in [-0.39, 0.29) is 69.6 Å². The quantitative estimate of drug-likeness (QED) is 0.0168. The summed E-state index contributed by atoms with van der Waals surface area (Å²) in [7, 11) is -20.2. The number of carbonyl (C=O) groups excluding carboxylic acids is 3. The number of aliphatic hydroxyl groups excluding tert-OH is 1. The number of carbonyl (C=O) groups is 3. The molecular weight excluding hydrogens is 1590 g/mol. The number of fused-ring (bicyclic) bond motifs is 3. The van der Waals surface area contributed by atoms with E-state index in [1.165, 1.54) is 34.9 Å². The molecule has 1 N–H and O–H groups in total. The Hall–Kier alpha value is -7.34. The molecule has 9 aliphatic rings. The average molecular weight is 1670 g/mol. The zero-order valence-electron chi connectivity index (χ0n) is 58.9. The maximum atomic E-state index is 12.2. The van der Waals surface area contributed by atoms with Gasteiger partial charge in [0.1, 0.15) is 37.1 Å². The fourth-order valence-electron chi connectivity index (χ4n) is 14.9. The number of hydrogen-bond donors (Lipinski definition) is 1. The van der Waals surface area contributed by atoms with Crippen LogP contribution in [0.1, 0.15) is 44.1 Å². The first kappa shape index (κ1) is 85.1. The third-order valence-corrected chi connectivity index (χ3v) is 29.3. The lowest BCUT2D eigenvalue weighted by molar-refractivity contribution is -0.884. The van der Waals surface area contributed by atoms with Gasteiger partial charge in [0.05, 0.1) is 73.9 Å². The lowest BCUT2D eigenvalue weighted by Crippen LogP contribution is -2.36. The number of halogens is 6. The van der Waals surface area contributed by atoms with Crippen molar-refractivity contribution in [1.82, 2.24) is 0 Å². The van der Waals surface area contributed by atoms with Crippen LogP contribution < -0.4 is 0 Å². The molecule has 24 nitrogen and oxygen atoms in total. The van der Waals surface area contributed by atoms with Crippen molar-refractivity contribution >= 4 is 90.8 Å². The Morgan fingerprint density at radius 3 is 0.918 bits per heavy atom. The molecule has 7 aromatic carbocycles.